The van der Waals surface area contributed by atoms with Gasteiger partial charge in [0.25, 0.3) is 0 Å². The van der Waals surface area contributed by atoms with Gasteiger partial charge in [0, 0.05) is 6.42 Å². The van der Waals surface area contributed by atoms with Gasteiger partial charge in [0.1, 0.15) is 6.04 Å². The fraction of sp³-hybridized carbons (Fsp3) is 0.500. The van der Waals surface area contributed by atoms with Crippen LogP contribution in [0.1, 0.15) is 18.4 Å². The van der Waals surface area contributed by atoms with Gasteiger partial charge in [-0.3, -0.25) is 4.79 Å². The second kappa shape index (κ2) is 9.16. The van der Waals surface area contributed by atoms with E-state index in [2.05, 4.69) is 0 Å². The maximum Gasteiger partial charge on any atom is 0.391 e. The first-order chi connectivity index (χ1) is 12.1. The van der Waals surface area contributed by atoms with Crippen molar-refractivity contribution >= 4 is 11.9 Å². The summed E-state index contributed by atoms with van der Waals surface area (Å²) in [5, 5.41) is 10.7. The number of carboxylic acids is 1. The van der Waals surface area contributed by atoms with Crippen LogP contribution in [0.3, 0.4) is 0 Å². The number of amides is 1. The summed E-state index contributed by atoms with van der Waals surface area (Å²) in [7, 11) is 4.24. The summed E-state index contributed by atoms with van der Waals surface area (Å²) in [6.45, 7) is 0. The van der Waals surface area contributed by atoms with Crippen molar-refractivity contribution in [1.82, 2.24) is 5.32 Å². The second-order valence-corrected chi connectivity index (χ2v) is 5.27. The molecule has 7 nitrogen and oxygen atoms in total. The number of nitrogens with one attached hydrogen (secondary N) is 1. The van der Waals surface area contributed by atoms with Gasteiger partial charge in [0.05, 0.1) is 27.8 Å². The predicted molar refractivity (Wildman–Crippen MR) is 84.7 cm³/mol. The highest BCUT2D eigenvalue weighted by molar-refractivity contribution is 5.83. The number of methoxy groups -OCH3 is 3. The molecular formula is C16H20F3NO6. The van der Waals surface area contributed by atoms with Gasteiger partial charge in [-0.25, -0.2) is 4.79 Å². The summed E-state index contributed by atoms with van der Waals surface area (Å²) in [6.07, 6.45) is -6.47. The van der Waals surface area contributed by atoms with E-state index in [-0.39, 0.29) is 12.8 Å². The molecule has 1 aromatic carbocycles. The molecule has 0 heterocycles. The number of hydrogen-bond donors (Lipinski definition) is 2. The molecule has 10 heteroatoms. The van der Waals surface area contributed by atoms with Gasteiger partial charge in [0.2, 0.25) is 11.7 Å². The number of carboxylic acid groups (broad SMARTS) is 1. The molecule has 0 aliphatic rings. The van der Waals surface area contributed by atoms with Crippen LogP contribution in [-0.2, 0) is 16.0 Å². The van der Waals surface area contributed by atoms with Crippen molar-refractivity contribution in [3.05, 3.63) is 17.7 Å². The molecule has 0 saturated carbocycles. The standard InChI is InChI=1S/C16H20F3NO6/c1-24-11-6-4-9(13(25-2)14(11)26-3)5-7-12(21)20-10(15(22)23)8-16(17,18)19/h4,6,10H,5,7-8H2,1-3H3,(H,20,21)(H,22,23). The topological polar surface area (TPSA) is 94.1 Å². The van der Waals surface area contributed by atoms with Crippen LogP contribution in [0.5, 0.6) is 17.2 Å². The molecule has 1 rings (SSSR count). The highest BCUT2D eigenvalue weighted by Gasteiger charge is 2.36. The van der Waals surface area contributed by atoms with E-state index in [4.69, 9.17) is 19.3 Å². The average molecular weight is 379 g/mol. The Hall–Kier alpha value is -2.65. The number of rotatable bonds is 9. The van der Waals surface area contributed by atoms with Crippen molar-refractivity contribution in [2.24, 2.45) is 0 Å². The molecule has 0 aliphatic heterocycles. The van der Waals surface area contributed by atoms with Crippen molar-refractivity contribution in [3.63, 3.8) is 0 Å². The molecule has 0 fully saturated rings. The van der Waals surface area contributed by atoms with Crippen molar-refractivity contribution in [3.8, 4) is 17.2 Å². The molecule has 1 amide bonds. The summed E-state index contributed by atoms with van der Waals surface area (Å²) >= 11 is 0. The maximum absolute atomic E-state index is 12.4. The zero-order chi connectivity index (χ0) is 19.9. The lowest BCUT2D eigenvalue weighted by Crippen LogP contribution is -2.43. The molecule has 0 aliphatic carbocycles. The number of alkyl halides is 3. The summed E-state index contributed by atoms with van der Waals surface area (Å²) in [6, 6.07) is 1.19. The molecule has 1 unspecified atom stereocenters. The first-order valence-electron chi connectivity index (χ1n) is 7.49. The van der Waals surface area contributed by atoms with Crippen LogP contribution >= 0.6 is 0 Å². The van der Waals surface area contributed by atoms with Gasteiger partial charge in [0.15, 0.2) is 11.5 Å². The lowest BCUT2D eigenvalue weighted by molar-refractivity contribution is -0.160. The smallest absolute Gasteiger partial charge is 0.391 e. The molecule has 0 aromatic heterocycles. The van der Waals surface area contributed by atoms with Crippen LogP contribution in [0.15, 0.2) is 12.1 Å². The molecule has 0 radical (unpaired) electrons. The third-order valence-corrected chi connectivity index (χ3v) is 3.48. The third kappa shape index (κ3) is 6.01. The van der Waals surface area contributed by atoms with Crippen LogP contribution in [0, 0.1) is 0 Å². The Morgan fingerprint density at radius 3 is 2.19 bits per heavy atom. The van der Waals surface area contributed by atoms with Gasteiger partial charge in [-0.2, -0.15) is 13.2 Å². The SMILES string of the molecule is COc1ccc(CCC(=O)NC(CC(F)(F)F)C(=O)O)c(OC)c1OC. The second-order valence-electron chi connectivity index (χ2n) is 5.27. The number of carbonyl (C=O) groups excluding carboxylic acids is 1. The highest BCUT2D eigenvalue weighted by Crippen LogP contribution is 2.40. The highest BCUT2D eigenvalue weighted by atomic mass is 19.4. The number of ether oxygens (including phenoxy) is 3. The Kier molecular flexibility index (Phi) is 7.54. The van der Waals surface area contributed by atoms with Crippen molar-refractivity contribution < 1.29 is 42.1 Å². The van der Waals surface area contributed by atoms with E-state index >= 15 is 0 Å². The van der Waals surface area contributed by atoms with Gasteiger partial charge < -0.3 is 24.6 Å². The number of halogens is 3. The first-order valence-corrected chi connectivity index (χ1v) is 7.49. The molecule has 146 valence electrons. The number of carbonyl (C=O) groups is 2. The van der Waals surface area contributed by atoms with Gasteiger partial charge >= 0.3 is 12.1 Å². The molecule has 2 N–H and O–H groups in total. The average Bonchev–Trinajstić information content (AvgIpc) is 2.56. The third-order valence-electron chi connectivity index (χ3n) is 3.48. The molecule has 0 spiro atoms. The minimum absolute atomic E-state index is 0.105. The molecule has 26 heavy (non-hydrogen) atoms. The van der Waals surface area contributed by atoms with E-state index in [0.29, 0.717) is 22.8 Å². The largest absolute Gasteiger partial charge is 0.493 e. The zero-order valence-electron chi connectivity index (χ0n) is 14.5. The number of hydrogen-bond acceptors (Lipinski definition) is 5. The van der Waals surface area contributed by atoms with E-state index in [9.17, 15) is 22.8 Å². The Balaban J connectivity index is 2.82. The van der Waals surface area contributed by atoms with Crippen LogP contribution in [0.25, 0.3) is 0 Å². The molecular weight excluding hydrogens is 359 g/mol. The number of aliphatic carboxylic acids is 1. The van der Waals surface area contributed by atoms with Crippen LogP contribution < -0.4 is 19.5 Å². The Morgan fingerprint density at radius 1 is 1.12 bits per heavy atom. The number of aryl methyl sites for hydroxylation is 1. The van der Waals surface area contributed by atoms with E-state index in [1.54, 1.807) is 12.1 Å². The fourth-order valence-corrected chi connectivity index (χ4v) is 2.31. The summed E-state index contributed by atoms with van der Waals surface area (Å²) < 4.78 is 52.7. The van der Waals surface area contributed by atoms with E-state index in [0.717, 1.165) is 0 Å². The van der Waals surface area contributed by atoms with Crippen molar-refractivity contribution in [2.45, 2.75) is 31.5 Å². The minimum atomic E-state index is -4.71. The normalized spacial score (nSPS) is 12.2. The van der Waals surface area contributed by atoms with Crippen LogP contribution in [-0.4, -0.2) is 50.5 Å². The lowest BCUT2D eigenvalue weighted by atomic mass is 10.1. The molecule has 0 bridgehead atoms. The maximum atomic E-state index is 12.4. The fourth-order valence-electron chi connectivity index (χ4n) is 2.31. The van der Waals surface area contributed by atoms with E-state index < -0.39 is 30.5 Å². The number of benzene rings is 1. The summed E-state index contributed by atoms with van der Waals surface area (Å²) in [4.78, 5) is 22.7. The van der Waals surface area contributed by atoms with Crippen molar-refractivity contribution in [1.29, 1.82) is 0 Å². The summed E-state index contributed by atoms with van der Waals surface area (Å²) in [5.41, 5.74) is 0.558. The Morgan fingerprint density at radius 2 is 1.73 bits per heavy atom. The van der Waals surface area contributed by atoms with Crippen LogP contribution in [0.2, 0.25) is 0 Å². The minimum Gasteiger partial charge on any atom is -0.493 e. The van der Waals surface area contributed by atoms with Gasteiger partial charge in [-0.15, -0.1) is 0 Å². The Bertz CT molecular complexity index is 648. The monoisotopic (exact) mass is 379 g/mol. The van der Waals surface area contributed by atoms with Gasteiger partial charge in [-0.05, 0) is 18.1 Å². The van der Waals surface area contributed by atoms with Crippen molar-refractivity contribution in [2.75, 3.05) is 21.3 Å². The van der Waals surface area contributed by atoms with Gasteiger partial charge in [-0.1, -0.05) is 6.07 Å². The molecule has 1 aromatic rings. The molecule has 0 saturated heterocycles. The molecule has 1 atom stereocenters. The first kappa shape index (κ1) is 21.4. The zero-order valence-corrected chi connectivity index (χ0v) is 14.5. The summed E-state index contributed by atoms with van der Waals surface area (Å²) in [5.74, 6) is -1.52. The van der Waals surface area contributed by atoms with E-state index in [1.807, 2.05) is 5.32 Å². The Labute approximate surface area is 148 Å². The quantitative estimate of drug-likeness (QED) is 0.683. The lowest BCUT2D eigenvalue weighted by Gasteiger charge is -2.17. The van der Waals surface area contributed by atoms with Crippen LogP contribution in [0.4, 0.5) is 13.2 Å². The predicted octanol–water partition coefficient (Wildman–Crippen LogP) is 2.17. The van der Waals surface area contributed by atoms with E-state index in [1.165, 1.54) is 21.3 Å².